The van der Waals surface area contributed by atoms with E-state index < -0.39 is 0 Å². The smallest absolute Gasteiger partial charge is 0.166 e. The van der Waals surface area contributed by atoms with Crippen LogP contribution in [0, 0.1) is 23.7 Å². The van der Waals surface area contributed by atoms with Crippen LogP contribution in [-0.2, 0) is 6.54 Å². The van der Waals surface area contributed by atoms with Crippen LogP contribution in [0.1, 0.15) is 37.7 Å². The van der Waals surface area contributed by atoms with Gasteiger partial charge in [0, 0.05) is 22.6 Å². The van der Waals surface area contributed by atoms with Gasteiger partial charge in [-0.2, -0.15) is 0 Å². The summed E-state index contributed by atoms with van der Waals surface area (Å²) >= 11 is 3.68. The van der Waals surface area contributed by atoms with E-state index in [4.69, 9.17) is 9.47 Å². The molecule has 1 N–H and O–H groups in total. The Balaban J connectivity index is 1.51. The van der Waals surface area contributed by atoms with Crippen molar-refractivity contribution < 1.29 is 9.47 Å². The van der Waals surface area contributed by atoms with Gasteiger partial charge < -0.3 is 14.8 Å². The fourth-order valence-electron chi connectivity index (χ4n) is 5.61. The molecule has 4 saturated carbocycles. The Morgan fingerprint density at radius 2 is 1.65 bits per heavy atom. The van der Waals surface area contributed by atoms with Gasteiger partial charge in [-0.1, -0.05) is 15.9 Å². The Hall–Kier alpha value is -0.740. The average molecular weight is 380 g/mol. The van der Waals surface area contributed by atoms with E-state index in [1.54, 1.807) is 14.2 Å². The van der Waals surface area contributed by atoms with Gasteiger partial charge in [-0.3, -0.25) is 0 Å². The molecule has 4 heteroatoms. The third kappa shape index (κ3) is 2.78. The number of hydrogen-bond acceptors (Lipinski definition) is 3. The van der Waals surface area contributed by atoms with E-state index in [0.717, 1.165) is 46.2 Å². The van der Waals surface area contributed by atoms with Crippen molar-refractivity contribution >= 4 is 15.9 Å². The minimum absolute atomic E-state index is 0.686. The summed E-state index contributed by atoms with van der Waals surface area (Å²) in [5.74, 6) is 5.47. The van der Waals surface area contributed by atoms with Crippen LogP contribution in [0.5, 0.6) is 11.5 Å². The lowest BCUT2D eigenvalue weighted by atomic mass is 9.54. The highest BCUT2D eigenvalue weighted by Crippen LogP contribution is 2.53. The molecule has 0 spiro atoms. The maximum Gasteiger partial charge on any atom is 0.166 e. The van der Waals surface area contributed by atoms with E-state index >= 15 is 0 Å². The largest absolute Gasteiger partial charge is 0.493 e. The summed E-state index contributed by atoms with van der Waals surface area (Å²) in [5, 5.41) is 3.88. The van der Waals surface area contributed by atoms with Crippen molar-refractivity contribution in [2.45, 2.75) is 44.7 Å². The predicted octanol–water partition coefficient (Wildman–Crippen LogP) is 4.38. The van der Waals surface area contributed by atoms with E-state index in [0.29, 0.717) is 6.04 Å². The first-order chi connectivity index (χ1) is 11.2. The zero-order valence-electron chi connectivity index (χ0n) is 14.0. The van der Waals surface area contributed by atoms with E-state index in [-0.39, 0.29) is 0 Å². The summed E-state index contributed by atoms with van der Waals surface area (Å²) in [5.41, 5.74) is 1.17. The molecule has 1 aromatic rings. The third-order valence-electron chi connectivity index (χ3n) is 6.33. The molecule has 0 aromatic heterocycles. The summed E-state index contributed by atoms with van der Waals surface area (Å²) in [6.45, 7) is 0.841. The van der Waals surface area contributed by atoms with Gasteiger partial charge in [0.15, 0.2) is 11.5 Å². The molecule has 0 atom stereocenters. The zero-order chi connectivity index (χ0) is 16.0. The first-order valence-corrected chi connectivity index (χ1v) is 9.61. The fraction of sp³-hybridized carbons (Fsp3) is 0.684. The Morgan fingerprint density at radius 1 is 1.00 bits per heavy atom. The second-order valence-electron chi connectivity index (χ2n) is 7.60. The monoisotopic (exact) mass is 379 g/mol. The number of rotatable bonds is 5. The Labute approximate surface area is 147 Å². The van der Waals surface area contributed by atoms with Gasteiger partial charge >= 0.3 is 0 Å². The highest BCUT2D eigenvalue weighted by Gasteiger charge is 2.47. The molecule has 4 aliphatic rings. The topological polar surface area (TPSA) is 30.5 Å². The third-order valence-corrected chi connectivity index (χ3v) is 7.08. The summed E-state index contributed by atoms with van der Waals surface area (Å²) in [6.07, 6.45) is 7.29. The maximum absolute atomic E-state index is 5.61. The van der Waals surface area contributed by atoms with Crippen LogP contribution in [0.4, 0.5) is 0 Å². The molecule has 4 fully saturated rings. The van der Waals surface area contributed by atoms with Gasteiger partial charge in [0.2, 0.25) is 0 Å². The maximum atomic E-state index is 5.61. The van der Waals surface area contributed by atoms with Crippen LogP contribution in [-0.4, -0.2) is 20.3 Å². The summed E-state index contributed by atoms with van der Waals surface area (Å²) < 4.78 is 12.1. The quantitative estimate of drug-likeness (QED) is 0.823. The second-order valence-corrected chi connectivity index (χ2v) is 8.45. The minimum atomic E-state index is 0.686. The summed E-state index contributed by atoms with van der Waals surface area (Å²) in [6, 6.07) is 4.69. The van der Waals surface area contributed by atoms with Crippen LogP contribution in [0.25, 0.3) is 0 Å². The zero-order valence-corrected chi connectivity index (χ0v) is 15.6. The minimum Gasteiger partial charge on any atom is -0.493 e. The molecule has 3 nitrogen and oxygen atoms in total. The lowest BCUT2D eigenvalue weighted by Gasteiger charge is -2.54. The molecule has 23 heavy (non-hydrogen) atoms. The fourth-order valence-corrected chi connectivity index (χ4v) is 6.06. The van der Waals surface area contributed by atoms with E-state index in [9.17, 15) is 0 Å². The molecular weight excluding hydrogens is 354 g/mol. The standard InChI is InChI=1S/C19H26BrNO2/c1-22-17-4-3-16(20)15(19(17)23-2)10-21-18-13-6-11-5-12(8-13)9-14(18)7-11/h3-4,11-14,18,21H,5-10H2,1-2H3. The first-order valence-electron chi connectivity index (χ1n) is 8.82. The molecule has 4 aliphatic carbocycles. The van der Waals surface area contributed by atoms with Crippen LogP contribution in [0.15, 0.2) is 16.6 Å². The first kappa shape index (κ1) is 15.8. The van der Waals surface area contributed by atoms with Crippen molar-refractivity contribution in [2.75, 3.05) is 14.2 Å². The van der Waals surface area contributed by atoms with E-state index in [2.05, 4.69) is 27.3 Å². The summed E-state index contributed by atoms with van der Waals surface area (Å²) in [7, 11) is 3.41. The van der Waals surface area contributed by atoms with Crippen LogP contribution in [0.2, 0.25) is 0 Å². The Bertz CT molecular complexity index is 561. The molecule has 0 aliphatic heterocycles. The second kappa shape index (κ2) is 6.29. The molecule has 0 heterocycles. The molecule has 4 bridgehead atoms. The van der Waals surface area contributed by atoms with Gasteiger partial charge in [0.1, 0.15) is 0 Å². The number of ether oxygens (including phenoxy) is 2. The molecule has 0 amide bonds. The Kier molecular flexibility index (Phi) is 4.31. The summed E-state index contributed by atoms with van der Waals surface area (Å²) in [4.78, 5) is 0. The number of hydrogen-bond donors (Lipinski definition) is 1. The van der Waals surface area contributed by atoms with Gasteiger partial charge in [0.05, 0.1) is 14.2 Å². The van der Waals surface area contributed by atoms with Crippen molar-refractivity contribution in [1.82, 2.24) is 5.32 Å². The molecule has 5 rings (SSSR count). The normalized spacial score (nSPS) is 34.7. The van der Waals surface area contributed by atoms with Gasteiger partial charge in [0.25, 0.3) is 0 Å². The number of methoxy groups -OCH3 is 2. The molecule has 0 radical (unpaired) electrons. The van der Waals surface area contributed by atoms with Crippen molar-refractivity contribution in [2.24, 2.45) is 23.7 Å². The van der Waals surface area contributed by atoms with Crippen LogP contribution in [0.3, 0.4) is 0 Å². The highest BCUT2D eigenvalue weighted by molar-refractivity contribution is 9.10. The van der Waals surface area contributed by atoms with Crippen LogP contribution >= 0.6 is 15.9 Å². The van der Waals surface area contributed by atoms with Crippen molar-refractivity contribution in [3.05, 3.63) is 22.2 Å². The van der Waals surface area contributed by atoms with E-state index in [1.807, 2.05) is 6.07 Å². The van der Waals surface area contributed by atoms with Crippen LogP contribution < -0.4 is 14.8 Å². The molecule has 0 saturated heterocycles. The number of benzene rings is 1. The van der Waals surface area contributed by atoms with Gasteiger partial charge in [-0.05, 0) is 67.9 Å². The SMILES string of the molecule is COc1ccc(Br)c(CNC2C3CC4CC(C3)CC2C4)c1OC. The van der Waals surface area contributed by atoms with E-state index in [1.165, 1.54) is 37.7 Å². The highest BCUT2D eigenvalue weighted by atomic mass is 79.9. The lowest BCUT2D eigenvalue weighted by Crippen LogP contribution is -2.54. The number of halogens is 1. The average Bonchev–Trinajstić information content (AvgIpc) is 2.54. The molecule has 0 unspecified atom stereocenters. The van der Waals surface area contributed by atoms with Crippen molar-refractivity contribution in [3.63, 3.8) is 0 Å². The predicted molar refractivity (Wildman–Crippen MR) is 94.9 cm³/mol. The number of nitrogens with one attached hydrogen (secondary N) is 1. The van der Waals surface area contributed by atoms with Gasteiger partial charge in [-0.15, -0.1) is 0 Å². The van der Waals surface area contributed by atoms with Crippen molar-refractivity contribution in [3.8, 4) is 11.5 Å². The molecule has 1 aromatic carbocycles. The van der Waals surface area contributed by atoms with Gasteiger partial charge in [-0.25, -0.2) is 0 Å². The lowest BCUT2D eigenvalue weighted by molar-refractivity contribution is -0.0143. The molecular formula is C19H26BrNO2. The molecule has 126 valence electrons. The Morgan fingerprint density at radius 3 is 2.22 bits per heavy atom. The van der Waals surface area contributed by atoms with Crippen molar-refractivity contribution in [1.29, 1.82) is 0 Å².